The number of fused-ring (bicyclic) bond motifs is 2. The molecule has 1 saturated carbocycles. The van der Waals surface area contributed by atoms with Crippen molar-refractivity contribution < 1.29 is 15.0 Å². The Labute approximate surface area is 200 Å². The molecule has 5 atom stereocenters. The van der Waals surface area contributed by atoms with Gasteiger partial charge < -0.3 is 15.1 Å². The number of aliphatic hydroxyl groups is 2. The van der Waals surface area contributed by atoms with E-state index in [-0.39, 0.29) is 29.8 Å². The molecule has 0 bridgehead atoms. The van der Waals surface area contributed by atoms with Crippen LogP contribution in [0.2, 0.25) is 0 Å². The maximum absolute atomic E-state index is 13.5. The molecule has 1 aliphatic heterocycles. The molecule has 0 radical (unpaired) electrons. The molecule has 6 nitrogen and oxygen atoms in total. The minimum Gasteiger partial charge on any atom is -0.396 e. The highest BCUT2D eigenvalue weighted by atomic mass is 32.1. The van der Waals surface area contributed by atoms with E-state index in [1.807, 2.05) is 30.2 Å². The van der Waals surface area contributed by atoms with Gasteiger partial charge in [-0.15, -0.1) is 11.3 Å². The van der Waals surface area contributed by atoms with Crippen LogP contribution in [0.15, 0.2) is 24.5 Å². The van der Waals surface area contributed by atoms with Crippen molar-refractivity contribution in [2.75, 3.05) is 19.7 Å². The van der Waals surface area contributed by atoms with Gasteiger partial charge in [0.2, 0.25) is 5.91 Å². The first kappa shape index (κ1) is 22.9. The second-order valence-electron chi connectivity index (χ2n) is 10.7. The highest BCUT2D eigenvalue weighted by Crippen LogP contribution is 2.63. The zero-order valence-corrected chi connectivity index (χ0v) is 20.5. The highest BCUT2D eigenvalue weighted by molar-refractivity contribution is 7.15. The van der Waals surface area contributed by atoms with E-state index in [4.69, 9.17) is 4.98 Å². The van der Waals surface area contributed by atoms with Crippen molar-refractivity contribution in [2.45, 2.75) is 70.8 Å². The van der Waals surface area contributed by atoms with Gasteiger partial charge in [0.15, 0.2) is 0 Å². The largest absolute Gasteiger partial charge is 0.396 e. The molecule has 178 valence electrons. The third kappa shape index (κ3) is 3.82. The molecule has 3 aliphatic rings. The van der Waals surface area contributed by atoms with Crippen LogP contribution in [0, 0.1) is 16.7 Å². The molecule has 33 heavy (non-hydrogen) atoms. The van der Waals surface area contributed by atoms with Crippen LogP contribution in [-0.2, 0) is 11.2 Å². The lowest BCUT2D eigenvalue weighted by Crippen LogP contribution is -2.57. The van der Waals surface area contributed by atoms with Crippen molar-refractivity contribution in [3.05, 3.63) is 35.1 Å². The summed E-state index contributed by atoms with van der Waals surface area (Å²) in [5.74, 6) is 0.300. The number of pyridine rings is 1. The maximum Gasteiger partial charge on any atom is 0.223 e. The fourth-order valence-corrected chi connectivity index (χ4v) is 7.86. The first-order valence-corrected chi connectivity index (χ1v) is 13.1. The Kier molecular flexibility index (Phi) is 6.08. The van der Waals surface area contributed by atoms with Crippen LogP contribution in [0.5, 0.6) is 0 Å². The topological polar surface area (TPSA) is 86.6 Å². The number of thiazole rings is 1. The van der Waals surface area contributed by atoms with Gasteiger partial charge in [0.25, 0.3) is 0 Å². The second-order valence-corrected chi connectivity index (χ2v) is 11.8. The molecule has 2 aromatic rings. The number of aromatic nitrogens is 2. The summed E-state index contributed by atoms with van der Waals surface area (Å²) in [6, 6.07) is 3.95. The average molecular weight is 470 g/mol. The predicted octanol–water partition coefficient (Wildman–Crippen LogP) is 4.02. The van der Waals surface area contributed by atoms with Gasteiger partial charge in [0, 0.05) is 53.7 Å². The summed E-state index contributed by atoms with van der Waals surface area (Å²) in [6.07, 6.45) is 9.15. The fraction of sp³-hybridized carbons (Fsp3) is 0.654. The Morgan fingerprint density at radius 3 is 2.76 bits per heavy atom. The van der Waals surface area contributed by atoms with Gasteiger partial charge in [-0.25, -0.2) is 4.98 Å². The van der Waals surface area contributed by atoms with E-state index >= 15 is 0 Å². The lowest BCUT2D eigenvalue weighted by molar-refractivity contribution is -0.147. The van der Waals surface area contributed by atoms with Crippen molar-refractivity contribution in [3.63, 3.8) is 0 Å². The van der Waals surface area contributed by atoms with Crippen LogP contribution in [0.25, 0.3) is 10.6 Å². The molecule has 7 heteroatoms. The number of piperidine rings is 1. The number of hydrogen-bond acceptors (Lipinski definition) is 6. The highest BCUT2D eigenvalue weighted by Gasteiger charge is 2.59. The number of carbonyl (C=O) groups is 1. The summed E-state index contributed by atoms with van der Waals surface area (Å²) in [4.78, 5) is 26.1. The van der Waals surface area contributed by atoms with Crippen LogP contribution >= 0.6 is 11.3 Å². The summed E-state index contributed by atoms with van der Waals surface area (Å²) in [6.45, 7) is 5.95. The van der Waals surface area contributed by atoms with Crippen LogP contribution in [0.4, 0.5) is 0 Å². The van der Waals surface area contributed by atoms with Crippen molar-refractivity contribution in [1.29, 1.82) is 0 Å². The van der Waals surface area contributed by atoms with E-state index < -0.39 is 11.5 Å². The number of aliphatic hydroxyl groups excluding tert-OH is 2. The minimum atomic E-state index is -0.588. The molecule has 0 aromatic carbocycles. The number of amides is 1. The minimum absolute atomic E-state index is 0.0132. The summed E-state index contributed by atoms with van der Waals surface area (Å²) < 4.78 is 0. The quantitative estimate of drug-likeness (QED) is 0.706. The molecule has 5 rings (SSSR count). The zero-order chi connectivity index (χ0) is 23.2. The van der Waals surface area contributed by atoms with Gasteiger partial charge in [-0.05, 0) is 62.0 Å². The van der Waals surface area contributed by atoms with Gasteiger partial charge in [0.1, 0.15) is 5.01 Å². The standard InChI is InChI=1S/C26H35N3O3S/c1-25-9-8-21(31)26(2,16-30)20(25)14-19-23(28-24(33-19)17-7-6-10-27-15-17)18(25)13-22(32)29-11-4-3-5-12-29/h6-7,10,15,18,20-21,30-31H,3-5,8-9,11-14,16H2,1-2H3/t18-,20+,21-,25+,26+/m1/s1. The van der Waals surface area contributed by atoms with Crippen molar-refractivity contribution in [1.82, 2.24) is 14.9 Å². The summed E-state index contributed by atoms with van der Waals surface area (Å²) in [7, 11) is 0. The van der Waals surface area contributed by atoms with Gasteiger partial charge in [-0.1, -0.05) is 13.8 Å². The maximum atomic E-state index is 13.5. The van der Waals surface area contributed by atoms with E-state index in [1.54, 1.807) is 17.5 Å². The fourth-order valence-electron chi connectivity index (χ4n) is 6.71. The van der Waals surface area contributed by atoms with E-state index in [9.17, 15) is 15.0 Å². The SMILES string of the molecule is C[C@]1(CO)[C@H]2Cc3sc(-c4cccnc4)nc3[C@@H](CC(=O)N3CCCCC3)[C@]2(C)CC[C@H]1O. The molecule has 0 spiro atoms. The second kappa shape index (κ2) is 8.75. The van der Waals surface area contributed by atoms with E-state index in [1.165, 1.54) is 11.3 Å². The van der Waals surface area contributed by atoms with Gasteiger partial charge >= 0.3 is 0 Å². The Morgan fingerprint density at radius 1 is 1.27 bits per heavy atom. The smallest absolute Gasteiger partial charge is 0.223 e. The average Bonchev–Trinajstić information content (AvgIpc) is 3.28. The predicted molar refractivity (Wildman–Crippen MR) is 129 cm³/mol. The molecule has 3 heterocycles. The molecule has 0 unspecified atom stereocenters. The summed E-state index contributed by atoms with van der Waals surface area (Å²) in [5.41, 5.74) is 1.26. The Bertz CT molecular complexity index is 1010. The molecule has 1 saturated heterocycles. The van der Waals surface area contributed by atoms with Crippen LogP contribution < -0.4 is 0 Å². The van der Waals surface area contributed by atoms with E-state index in [0.717, 1.165) is 55.0 Å². The zero-order valence-electron chi connectivity index (χ0n) is 19.7. The number of hydrogen-bond donors (Lipinski definition) is 2. The van der Waals surface area contributed by atoms with Gasteiger partial charge in [0.05, 0.1) is 18.4 Å². The monoisotopic (exact) mass is 469 g/mol. The number of nitrogens with zero attached hydrogens (tertiary/aromatic N) is 3. The molecule has 2 fully saturated rings. The van der Waals surface area contributed by atoms with Crippen molar-refractivity contribution >= 4 is 17.2 Å². The molecular formula is C26H35N3O3S. The molecule has 1 amide bonds. The number of likely N-dealkylation sites (tertiary alicyclic amines) is 1. The van der Waals surface area contributed by atoms with E-state index in [0.29, 0.717) is 12.8 Å². The normalized spacial score (nSPS) is 33.9. The van der Waals surface area contributed by atoms with Crippen molar-refractivity contribution in [2.24, 2.45) is 16.7 Å². The van der Waals surface area contributed by atoms with Crippen molar-refractivity contribution in [3.8, 4) is 10.6 Å². The molecule has 2 aliphatic carbocycles. The van der Waals surface area contributed by atoms with E-state index in [2.05, 4.69) is 11.9 Å². The Balaban J connectivity index is 1.57. The third-order valence-electron chi connectivity index (χ3n) is 8.89. The lowest BCUT2D eigenvalue weighted by atomic mass is 9.47. The first-order chi connectivity index (χ1) is 15.9. The van der Waals surface area contributed by atoms with Gasteiger partial charge in [-0.3, -0.25) is 9.78 Å². The summed E-state index contributed by atoms with van der Waals surface area (Å²) >= 11 is 1.68. The summed E-state index contributed by atoms with van der Waals surface area (Å²) in [5, 5.41) is 22.3. The van der Waals surface area contributed by atoms with Crippen LogP contribution in [-0.4, -0.2) is 56.8 Å². The molecule has 2 N–H and O–H groups in total. The first-order valence-electron chi connectivity index (χ1n) is 12.3. The number of carbonyl (C=O) groups excluding carboxylic acids is 1. The third-order valence-corrected chi connectivity index (χ3v) is 10.0. The van der Waals surface area contributed by atoms with Gasteiger partial charge in [-0.2, -0.15) is 0 Å². The number of rotatable bonds is 4. The van der Waals surface area contributed by atoms with Crippen LogP contribution in [0.3, 0.4) is 0 Å². The van der Waals surface area contributed by atoms with Crippen LogP contribution in [0.1, 0.15) is 68.9 Å². The molecular weight excluding hydrogens is 434 g/mol. The lowest BCUT2D eigenvalue weighted by Gasteiger charge is -2.58. The Hall–Kier alpha value is -1.83. The molecule has 2 aromatic heterocycles. The Morgan fingerprint density at radius 2 is 2.06 bits per heavy atom.